The van der Waals surface area contributed by atoms with Crippen molar-refractivity contribution in [2.24, 2.45) is 0 Å². The molecule has 0 fully saturated rings. The molecule has 0 spiro atoms. The van der Waals surface area contributed by atoms with Gasteiger partial charge in [-0.05, 0) is 0 Å². The van der Waals surface area contributed by atoms with Gasteiger partial charge in [0, 0.05) is 0 Å². The predicted molar refractivity (Wildman–Crippen MR) is 40.5 cm³/mol. The number of hydrogen-bond acceptors (Lipinski definition) is 0. The molecule has 0 aromatic rings. The molecule has 4 heteroatoms. The molecule has 0 aliphatic carbocycles. The Hall–Kier alpha value is 0.220. The van der Waals surface area contributed by atoms with E-state index in [4.69, 9.17) is 0 Å². The summed E-state index contributed by atoms with van der Waals surface area (Å²) >= 11 is 0. The van der Waals surface area contributed by atoms with Crippen LogP contribution in [-0.4, -0.2) is 11.3 Å². The van der Waals surface area contributed by atoms with Crippen LogP contribution in [0.2, 0.25) is 0 Å². The van der Waals surface area contributed by atoms with Gasteiger partial charge in [-0.25, -0.2) is 0 Å². The summed E-state index contributed by atoms with van der Waals surface area (Å²) in [7, 11) is -5.82. The Morgan fingerprint density at radius 1 is 0.800 bits per heavy atom. The van der Waals surface area contributed by atoms with E-state index in [1.165, 1.54) is 27.7 Å². The Morgan fingerprint density at radius 3 is 1.00 bits per heavy atom. The van der Waals surface area contributed by atoms with E-state index in [0.29, 0.717) is 0 Å². The van der Waals surface area contributed by atoms with Crippen molar-refractivity contribution in [3.05, 3.63) is 0 Å². The first-order valence-electron chi connectivity index (χ1n) is 3.33. The van der Waals surface area contributed by atoms with Crippen LogP contribution in [0.1, 0.15) is 27.7 Å². The van der Waals surface area contributed by atoms with Crippen molar-refractivity contribution in [1.29, 1.82) is 0 Å². The molecule has 10 heavy (non-hydrogen) atoms. The van der Waals surface area contributed by atoms with Crippen LogP contribution < -0.4 is 0 Å². The van der Waals surface area contributed by atoms with E-state index in [-0.39, 0.29) is 0 Å². The van der Waals surface area contributed by atoms with E-state index in [1.807, 2.05) is 0 Å². The Kier molecular flexibility index (Phi) is 2.42. The molecule has 0 saturated heterocycles. The van der Waals surface area contributed by atoms with Crippen molar-refractivity contribution < 1.29 is 12.6 Å². The molecule has 0 heterocycles. The van der Waals surface area contributed by atoms with Gasteiger partial charge in [-0.2, -0.15) is 0 Å². The average Bonchev–Trinajstić information content (AvgIpc) is 1.63. The van der Waals surface area contributed by atoms with Crippen molar-refractivity contribution >= 4 is 7.54 Å². The van der Waals surface area contributed by atoms with Crippen LogP contribution in [-0.2, 0) is 0 Å². The predicted octanol–water partition coefficient (Wildman–Crippen LogP) is 4.01. The fraction of sp³-hybridized carbons (Fsp3) is 1.00. The SMILES string of the molecule is CC(C)P(F)(F)(F)C(C)C. The molecule has 0 aromatic heterocycles. The van der Waals surface area contributed by atoms with Gasteiger partial charge in [-0.15, -0.1) is 0 Å². The zero-order valence-corrected chi connectivity index (χ0v) is 7.63. The summed E-state index contributed by atoms with van der Waals surface area (Å²) in [5.74, 6) is 0. The molecule has 0 radical (unpaired) electrons. The first kappa shape index (κ1) is 10.2. The number of hydrogen-bond donors (Lipinski definition) is 0. The third kappa shape index (κ3) is 1.63. The van der Waals surface area contributed by atoms with Gasteiger partial charge in [-0.1, -0.05) is 0 Å². The van der Waals surface area contributed by atoms with E-state index < -0.39 is 18.9 Å². The molecule has 0 N–H and O–H groups in total. The van der Waals surface area contributed by atoms with E-state index in [2.05, 4.69) is 0 Å². The van der Waals surface area contributed by atoms with E-state index in [1.54, 1.807) is 0 Å². The summed E-state index contributed by atoms with van der Waals surface area (Å²) in [6.45, 7) is 4.94. The van der Waals surface area contributed by atoms with Gasteiger partial charge in [0.2, 0.25) is 0 Å². The molecule has 0 nitrogen and oxygen atoms in total. The van der Waals surface area contributed by atoms with E-state index in [0.717, 1.165) is 0 Å². The van der Waals surface area contributed by atoms with Gasteiger partial charge in [0.05, 0.1) is 0 Å². The average molecular weight is 174 g/mol. The minimum atomic E-state index is -5.82. The molecule has 0 amide bonds. The second-order valence-corrected chi connectivity index (χ2v) is 7.03. The molecule has 0 aromatic carbocycles. The van der Waals surface area contributed by atoms with Crippen molar-refractivity contribution in [2.45, 2.75) is 39.0 Å². The van der Waals surface area contributed by atoms with Crippen molar-refractivity contribution in [1.82, 2.24) is 0 Å². The van der Waals surface area contributed by atoms with Crippen molar-refractivity contribution in [2.75, 3.05) is 0 Å². The third-order valence-electron chi connectivity index (χ3n) is 1.77. The molecule has 0 atom stereocenters. The van der Waals surface area contributed by atoms with Gasteiger partial charge in [0.1, 0.15) is 0 Å². The van der Waals surface area contributed by atoms with Gasteiger partial charge in [-0.3, -0.25) is 0 Å². The van der Waals surface area contributed by atoms with Crippen LogP contribution in [0.5, 0.6) is 0 Å². The Balaban J connectivity index is 4.59. The minimum absolute atomic E-state index is 1.13. The second kappa shape index (κ2) is 2.37. The van der Waals surface area contributed by atoms with Gasteiger partial charge in [0.25, 0.3) is 0 Å². The Morgan fingerprint density at radius 2 is 1.00 bits per heavy atom. The van der Waals surface area contributed by atoms with Crippen LogP contribution in [0.25, 0.3) is 0 Å². The monoisotopic (exact) mass is 174 g/mol. The van der Waals surface area contributed by atoms with E-state index >= 15 is 0 Å². The summed E-state index contributed by atoms with van der Waals surface area (Å²) in [6, 6.07) is 0. The van der Waals surface area contributed by atoms with Crippen LogP contribution in [0.4, 0.5) is 12.6 Å². The van der Waals surface area contributed by atoms with Gasteiger partial charge < -0.3 is 0 Å². The quantitative estimate of drug-likeness (QED) is 0.555. The molecule has 0 unspecified atom stereocenters. The molecule has 0 aliphatic rings. The Bertz CT molecular complexity index is 111. The Labute approximate surface area is 60.1 Å². The standard InChI is InChI=1S/C6H14F3P/c1-5(2)10(7,8,9)6(3)4/h5-6H,1-4H3. The zero-order valence-electron chi connectivity index (χ0n) is 6.74. The van der Waals surface area contributed by atoms with Gasteiger partial charge >= 0.3 is 59.1 Å². The summed E-state index contributed by atoms with van der Waals surface area (Å²) in [4.78, 5) is 0. The maximum atomic E-state index is 12.8. The molecular weight excluding hydrogens is 160 g/mol. The van der Waals surface area contributed by atoms with Crippen molar-refractivity contribution in [3.63, 3.8) is 0 Å². The summed E-state index contributed by atoms with van der Waals surface area (Å²) in [5.41, 5.74) is -2.27. The number of halogens is 3. The first-order valence-corrected chi connectivity index (χ1v) is 5.38. The van der Waals surface area contributed by atoms with Crippen LogP contribution in [0, 0.1) is 0 Å². The topological polar surface area (TPSA) is 0 Å². The second-order valence-electron chi connectivity index (χ2n) is 3.11. The molecule has 0 bridgehead atoms. The van der Waals surface area contributed by atoms with Gasteiger partial charge in [0.15, 0.2) is 0 Å². The molecule has 0 rings (SSSR count). The van der Waals surface area contributed by atoms with Crippen molar-refractivity contribution in [3.8, 4) is 0 Å². The third-order valence-corrected chi connectivity index (χ3v) is 5.30. The summed E-state index contributed by atoms with van der Waals surface area (Å²) < 4.78 is 38.5. The van der Waals surface area contributed by atoms with Crippen LogP contribution in [0.3, 0.4) is 0 Å². The fourth-order valence-corrected chi connectivity index (χ4v) is 1.79. The molecular formula is C6H14F3P. The van der Waals surface area contributed by atoms with Crippen LogP contribution >= 0.6 is 7.54 Å². The first-order chi connectivity index (χ1) is 4.17. The summed E-state index contributed by atoms with van der Waals surface area (Å²) in [6.07, 6.45) is 0. The summed E-state index contributed by atoms with van der Waals surface area (Å²) in [5, 5.41) is 0. The van der Waals surface area contributed by atoms with Crippen LogP contribution in [0.15, 0.2) is 0 Å². The zero-order chi connectivity index (χ0) is 8.60. The normalized spacial score (nSPS) is 17.5. The number of rotatable bonds is 2. The molecule has 0 saturated carbocycles. The molecule has 64 valence electrons. The molecule has 0 aliphatic heterocycles. The van der Waals surface area contributed by atoms with E-state index in [9.17, 15) is 12.6 Å². The maximum absolute atomic E-state index is 12.8. The fourth-order valence-electron chi connectivity index (χ4n) is 0.596.